The van der Waals surface area contributed by atoms with Gasteiger partial charge in [-0.3, -0.25) is 9.69 Å². The van der Waals surface area contributed by atoms with Crippen molar-refractivity contribution in [2.45, 2.75) is 38.5 Å². The lowest BCUT2D eigenvalue weighted by atomic mass is 10.0. The Kier molecular flexibility index (Phi) is 7.61. The van der Waals surface area contributed by atoms with Crippen LogP contribution >= 0.6 is 11.3 Å². The number of hydrogen-bond donors (Lipinski definition) is 0. The fourth-order valence-electron chi connectivity index (χ4n) is 4.31. The Morgan fingerprint density at radius 2 is 1.80 bits per heavy atom. The number of anilines is 1. The fourth-order valence-corrected chi connectivity index (χ4v) is 6.97. The molecule has 1 aliphatic heterocycles. The SMILES string of the molecule is Cc1cc2nc(N(CCN(C)C)C(=O)c3ccc(S(=O)(=O)N4CCCC(C)C4)cc3)sc2cc1C. The lowest BCUT2D eigenvalue weighted by Gasteiger charge is -2.30. The number of aryl methyl sites for hydroxylation is 2. The minimum absolute atomic E-state index is 0.185. The third-order valence-electron chi connectivity index (χ3n) is 6.60. The molecular weight excluding hydrogens is 480 g/mol. The maximum absolute atomic E-state index is 13.6. The molecule has 0 N–H and O–H groups in total. The van der Waals surface area contributed by atoms with Crippen LogP contribution in [-0.4, -0.2) is 68.8 Å². The Hall–Kier alpha value is -2.33. The van der Waals surface area contributed by atoms with Crippen molar-refractivity contribution >= 4 is 42.6 Å². The van der Waals surface area contributed by atoms with Crippen LogP contribution in [0.3, 0.4) is 0 Å². The molecule has 0 spiro atoms. The molecule has 7 nitrogen and oxygen atoms in total. The maximum atomic E-state index is 13.6. The zero-order valence-electron chi connectivity index (χ0n) is 21.1. The summed E-state index contributed by atoms with van der Waals surface area (Å²) in [6.45, 7) is 8.46. The van der Waals surface area contributed by atoms with Crippen LogP contribution in [0.2, 0.25) is 0 Å². The number of thiazole rings is 1. The number of sulfonamides is 1. The number of nitrogens with zero attached hydrogens (tertiary/aromatic N) is 4. The van der Waals surface area contributed by atoms with Crippen LogP contribution in [0.25, 0.3) is 10.2 Å². The van der Waals surface area contributed by atoms with Crippen LogP contribution in [0.4, 0.5) is 5.13 Å². The molecule has 188 valence electrons. The highest BCUT2D eigenvalue weighted by Gasteiger charge is 2.29. The van der Waals surface area contributed by atoms with Crippen molar-refractivity contribution < 1.29 is 13.2 Å². The van der Waals surface area contributed by atoms with Crippen LogP contribution in [-0.2, 0) is 10.0 Å². The number of piperidine rings is 1. The first kappa shape index (κ1) is 25.8. The first-order valence-electron chi connectivity index (χ1n) is 12.0. The summed E-state index contributed by atoms with van der Waals surface area (Å²) in [7, 11) is 0.369. The van der Waals surface area contributed by atoms with Gasteiger partial charge in [-0.15, -0.1) is 0 Å². The van der Waals surface area contributed by atoms with E-state index in [-0.39, 0.29) is 10.8 Å². The standard InChI is InChI=1S/C26H34N4O3S2/c1-18-7-6-12-29(17-18)35(32,33)22-10-8-21(9-11-22)25(31)30(14-13-28(4)5)26-27-23-15-19(2)20(3)16-24(23)34-26/h8-11,15-16,18H,6-7,12-14,17H2,1-5H3. The number of aromatic nitrogens is 1. The van der Waals surface area contributed by atoms with Crippen LogP contribution in [0.15, 0.2) is 41.3 Å². The Morgan fingerprint density at radius 3 is 2.46 bits per heavy atom. The van der Waals surface area contributed by atoms with Gasteiger partial charge in [-0.05, 0) is 94.2 Å². The number of hydrogen-bond acceptors (Lipinski definition) is 6. The van der Waals surface area contributed by atoms with Gasteiger partial charge in [0.15, 0.2) is 5.13 Å². The Morgan fingerprint density at radius 1 is 1.11 bits per heavy atom. The fraction of sp³-hybridized carbons (Fsp3) is 0.462. The van der Waals surface area contributed by atoms with E-state index in [2.05, 4.69) is 32.9 Å². The van der Waals surface area contributed by atoms with Crippen molar-refractivity contribution in [3.63, 3.8) is 0 Å². The van der Waals surface area contributed by atoms with Crippen molar-refractivity contribution in [1.29, 1.82) is 0 Å². The molecule has 0 bridgehead atoms. The molecule has 1 atom stereocenters. The summed E-state index contributed by atoms with van der Waals surface area (Å²) in [6.07, 6.45) is 1.92. The topological polar surface area (TPSA) is 73.8 Å². The minimum Gasteiger partial charge on any atom is -0.308 e. The average Bonchev–Trinajstić information content (AvgIpc) is 3.21. The predicted molar refractivity (Wildman–Crippen MR) is 143 cm³/mol. The molecule has 1 saturated heterocycles. The Bertz CT molecular complexity index is 1280. The second-order valence-electron chi connectivity index (χ2n) is 9.80. The van der Waals surface area contributed by atoms with Crippen molar-refractivity contribution in [2.24, 2.45) is 5.92 Å². The molecule has 0 aliphatic carbocycles. The highest BCUT2D eigenvalue weighted by molar-refractivity contribution is 7.89. The lowest BCUT2D eigenvalue weighted by Crippen LogP contribution is -2.39. The van der Waals surface area contributed by atoms with Gasteiger partial charge in [-0.2, -0.15) is 4.31 Å². The van der Waals surface area contributed by atoms with E-state index < -0.39 is 10.0 Å². The molecule has 1 fully saturated rings. The number of carbonyl (C=O) groups excluding carboxylic acids is 1. The van der Waals surface area contributed by atoms with Gasteiger partial charge in [0.2, 0.25) is 10.0 Å². The van der Waals surface area contributed by atoms with Gasteiger partial charge in [0, 0.05) is 31.7 Å². The smallest absolute Gasteiger partial charge is 0.260 e. The maximum Gasteiger partial charge on any atom is 0.260 e. The summed E-state index contributed by atoms with van der Waals surface area (Å²) in [4.78, 5) is 22.3. The molecule has 1 amide bonds. The summed E-state index contributed by atoms with van der Waals surface area (Å²) in [5, 5.41) is 0.649. The lowest BCUT2D eigenvalue weighted by molar-refractivity contribution is 0.0985. The summed E-state index contributed by atoms with van der Waals surface area (Å²) in [5.74, 6) is 0.168. The second-order valence-corrected chi connectivity index (χ2v) is 12.7. The predicted octanol–water partition coefficient (Wildman–Crippen LogP) is 4.54. The molecular formula is C26H34N4O3S2. The van der Waals surface area contributed by atoms with Crippen LogP contribution in [0.1, 0.15) is 41.3 Å². The normalized spacial score (nSPS) is 17.3. The number of likely N-dealkylation sites (N-methyl/N-ethyl adjacent to an activating group) is 1. The number of rotatable bonds is 7. The monoisotopic (exact) mass is 514 g/mol. The van der Waals surface area contributed by atoms with Gasteiger partial charge < -0.3 is 4.90 Å². The van der Waals surface area contributed by atoms with Gasteiger partial charge in [-0.25, -0.2) is 13.4 Å². The molecule has 3 aromatic rings. The second kappa shape index (κ2) is 10.3. The number of carbonyl (C=O) groups is 1. The molecule has 9 heteroatoms. The summed E-state index contributed by atoms with van der Waals surface area (Å²) in [5.41, 5.74) is 3.69. The first-order chi connectivity index (χ1) is 16.6. The van der Waals surface area contributed by atoms with Crippen LogP contribution < -0.4 is 4.90 Å². The van der Waals surface area contributed by atoms with E-state index in [0.29, 0.717) is 42.8 Å². The third kappa shape index (κ3) is 5.58. The zero-order chi connectivity index (χ0) is 25.3. The minimum atomic E-state index is -3.57. The zero-order valence-corrected chi connectivity index (χ0v) is 22.7. The van der Waals surface area contributed by atoms with Gasteiger partial charge in [0.05, 0.1) is 15.1 Å². The molecule has 2 aromatic carbocycles. The molecule has 0 saturated carbocycles. The van der Waals surface area contributed by atoms with Gasteiger partial charge >= 0.3 is 0 Å². The van der Waals surface area contributed by atoms with E-state index in [9.17, 15) is 13.2 Å². The van der Waals surface area contributed by atoms with E-state index in [1.54, 1.807) is 33.5 Å². The molecule has 35 heavy (non-hydrogen) atoms. The summed E-state index contributed by atoms with van der Waals surface area (Å²) < 4.78 is 28.8. The van der Waals surface area contributed by atoms with E-state index >= 15 is 0 Å². The Labute approximate surface area is 212 Å². The van der Waals surface area contributed by atoms with Crippen LogP contribution in [0, 0.1) is 19.8 Å². The molecule has 1 aromatic heterocycles. The largest absolute Gasteiger partial charge is 0.308 e. The highest BCUT2D eigenvalue weighted by Crippen LogP contribution is 2.32. The van der Waals surface area contributed by atoms with E-state index in [1.165, 1.54) is 22.5 Å². The average molecular weight is 515 g/mol. The third-order valence-corrected chi connectivity index (χ3v) is 9.52. The van der Waals surface area contributed by atoms with Crippen molar-refractivity contribution in [1.82, 2.24) is 14.2 Å². The van der Waals surface area contributed by atoms with Crippen LogP contribution in [0.5, 0.6) is 0 Å². The number of benzene rings is 2. The van der Waals surface area contributed by atoms with Gasteiger partial charge in [0.1, 0.15) is 0 Å². The summed E-state index contributed by atoms with van der Waals surface area (Å²) in [6, 6.07) is 10.5. The van der Waals surface area contributed by atoms with E-state index in [4.69, 9.17) is 4.98 Å². The quantitative estimate of drug-likeness (QED) is 0.463. The van der Waals surface area contributed by atoms with Crippen molar-refractivity contribution in [3.05, 3.63) is 53.1 Å². The van der Waals surface area contributed by atoms with Crippen molar-refractivity contribution in [2.75, 3.05) is 45.2 Å². The summed E-state index contributed by atoms with van der Waals surface area (Å²) >= 11 is 1.50. The molecule has 4 rings (SSSR count). The van der Waals surface area contributed by atoms with Crippen molar-refractivity contribution in [3.8, 4) is 0 Å². The number of amides is 1. The molecule has 2 heterocycles. The van der Waals surface area contributed by atoms with Gasteiger partial charge in [0.25, 0.3) is 5.91 Å². The molecule has 1 unspecified atom stereocenters. The van der Waals surface area contributed by atoms with Gasteiger partial charge in [-0.1, -0.05) is 18.3 Å². The highest BCUT2D eigenvalue weighted by atomic mass is 32.2. The first-order valence-corrected chi connectivity index (χ1v) is 14.3. The molecule has 0 radical (unpaired) electrons. The molecule has 1 aliphatic rings. The number of fused-ring (bicyclic) bond motifs is 1. The van der Waals surface area contributed by atoms with E-state index in [0.717, 1.165) is 23.1 Å². The Balaban J connectivity index is 1.62. The van der Waals surface area contributed by atoms with E-state index in [1.807, 2.05) is 19.0 Å².